The van der Waals surface area contributed by atoms with E-state index in [1.807, 2.05) is 6.07 Å². The van der Waals surface area contributed by atoms with Gasteiger partial charge < -0.3 is 16.0 Å². The van der Waals surface area contributed by atoms with Crippen molar-refractivity contribution in [2.45, 2.75) is 19.0 Å². The van der Waals surface area contributed by atoms with Crippen LogP contribution in [0.15, 0.2) is 66.2 Å². The number of carbonyl (C=O) groups excluding carboxylic acids is 4. The van der Waals surface area contributed by atoms with Gasteiger partial charge in [-0.1, -0.05) is 36.4 Å². The number of benzene rings is 2. The molecule has 8 nitrogen and oxygen atoms in total. The van der Waals surface area contributed by atoms with Crippen LogP contribution in [0, 0.1) is 5.82 Å². The minimum atomic E-state index is -1.14. The van der Waals surface area contributed by atoms with Gasteiger partial charge in [-0.25, -0.2) is 9.37 Å². The molecule has 10 heteroatoms. The Kier molecular flexibility index (Phi) is 8.36. The summed E-state index contributed by atoms with van der Waals surface area (Å²) in [5, 5.41) is 9.77. The fourth-order valence-electron chi connectivity index (χ4n) is 2.94. The van der Waals surface area contributed by atoms with E-state index >= 15 is 0 Å². The first kappa shape index (κ1) is 23.7. The zero-order chi connectivity index (χ0) is 23.6. The highest BCUT2D eigenvalue weighted by atomic mass is 32.1. The largest absolute Gasteiger partial charge is 0.344 e. The first-order valence-electron chi connectivity index (χ1n) is 10.00. The molecule has 0 saturated heterocycles. The molecule has 0 bridgehead atoms. The third-order valence-electron chi connectivity index (χ3n) is 4.54. The maximum Gasteiger partial charge on any atom is 0.289 e. The SMILES string of the molecule is O=C(CNC(=O)c1cccc(F)c1)N[C@H](Cc1ccccc1)C(=O)C(=O)NCc1nccs1. The van der Waals surface area contributed by atoms with E-state index in [0.717, 1.165) is 11.6 Å². The molecule has 0 spiro atoms. The predicted octanol–water partition coefficient (Wildman–Crippen LogP) is 1.62. The van der Waals surface area contributed by atoms with E-state index < -0.39 is 41.9 Å². The van der Waals surface area contributed by atoms with Gasteiger partial charge in [-0.05, 0) is 23.8 Å². The van der Waals surface area contributed by atoms with Gasteiger partial charge in [0.15, 0.2) is 0 Å². The lowest BCUT2D eigenvalue weighted by atomic mass is 10.0. The van der Waals surface area contributed by atoms with Gasteiger partial charge in [0.25, 0.3) is 11.8 Å². The van der Waals surface area contributed by atoms with Crippen molar-refractivity contribution in [2.24, 2.45) is 0 Å². The number of hydrogen-bond donors (Lipinski definition) is 3. The Morgan fingerprint density at radius 3 is 2.48 bits per heavy atom. The third-order valence-corrected chi connectivity index (χ3v) is 5.32. The van der Waals surface area contributed by atoms with Crippen molar-refractivity contribution in [1.29, 1.82) is 0 Å². The molecule has 3 amide bonds. The molecule has 0 aliphatic rings. The highest BCUT2D eigenvalue weighted by Gasteiger charge is 2.27. The molecule has 3 rings (SSSR count). The number of hydrogen-bond acceptors (Lipinski definition) is 6. The first-order chi connectivity index (χ1) is 15.9. The molecule has 0 radical (unpaired) electrons. The Morgan fingerprint density at radius 2 is 1.79 bits per heavy atom. The standard InChI is InChI=1S/C23H21FN4O4S/c24-17-8-4-7-16(12-17)22(31)26-13-19(29)28-18(11-15-5-2-1-3-6-15)21(30)23(32)27-14-20-25-9-10-33-20/h1-10,12,18H,11,13-14H2,(H,26,31)(H,27,32)(H,28,29)/t18-/m1/s1. The van der Waals surface area contributed by atoms with Crippen LogP contribution in [0.2, 0.25) is 0 Å². The average Bonchev–Trinajstić information content (AvgIpc) is 3.34. The van der Waals surface area contributed by atoms with Gasteiger partial charge in [0, 0.05) is 23.6 Å². The Bertz CT molecular complexity index is 1120. The molecular formula is C23H21FN4O4S. The molecule has 33 heavy (non-hydrogen) atoms. The predicted molar refractivity (Wildman–Crippen MR) is 120 cm³/mol. The van der Waals surface area contributed by atoms with Crippen molar-refractivity contribution in [3.8, 4) is 0 Å². The van der Waals surface area contributed by atoms with Crippen LogP contribution in [0.4, 0.5) is 4.39 Å². The fourth-order valence-corrected chi connectivity index (χ4v) is 3.49. The highest BCUT2D eigenvalue weighted by molar-refractivity contribution is 7.09. The van der Waals surface area contributed by atoms with Crippen LogP contribution in [0.1, 0.15) is 20.9 Å². The quantitative estimate of drug-likeness (QED) is 0.391. The van der Waals surface area contributed by atoms with Crippen LogP contribution in [0.25, 0.3) is 0 Å². The van der Waals surface area contributed by atoms with Crippen LogP contribution in [0.5, 0.6) is 0 Å². The van der Waals surface area contributed by atoms with Gasteiger partial charge in [0.05, 0.1) is 13.1 Å². The van der Waals surface area contributed by atoms with Crippen molar-refractivity contribution in [2.75, 3.05) is 6.54 Å². The maximum absolute atomic E-state index is 13.3. The molecule has 1 atom stereocenters. The number of Topliss-reactive ketones (excluding diaryl/α,β-unsaturated/α-hetero) is 1. The molecule has 0 fully saturated rings. The monoisotopic (exact) mass is 468 g/mol. The van der Waals surface area contributed by atoms with Gasteiger partial charge in [-0.2, -0.15) is 0 Å². The smallest absolute Gasteiger partial charge is 0.289 e. The van der Waals surface area contributed by atoms with Crippen molar-refractivity contribution in [3.05, 3.63) is 88.1 Å². The number of nitrogens with zero attached hydrogens (tertiary/aromatic N) is 1. The van der Waals surface area contributed by atoms with Crippen molar-refractivity contribution >= 4 is 34.8 Å². The second kappa shape index (κ2) is 11.6. The van der Waals surface area contributed by atoms with Gasteiger partial charge in [0.1, 0.15) is 16.9 Å². The molecule has 0 unspecified atom stereocenters. The van der Waals surface area contributed by atoms with Crippen LogP contribution >= 0.6 is 11.3 Å². The molecule has 0 saturated carbocycles. The second-order valence-electron chi connectivity index (χ2n) is 6.98. The maximum atomic E-state index is 13.3. The van der Waals surface area contributed by atoms with Crippen LogP contribution in [-0.2, 0) is 27.3 Å². The Hall–Kier alpha value is -3.92. The number of rotatable bonds is 10. The Balaban J connectivity index is 1.61. The van der Waals surface area contributed by atoms with Gasteiger partial charge >= 0.3 is 0 Å². The number of carbonyl (C=O) groups is 4. The van der Waals surface area contributed by atoms with Gasteiger partial charge in [-0.15, -0.1) is 11.3 Å². The van der Waals surface area contributed by atoms with Crippen molar-refractivity contribution in [3.63, 3.8) is 0 Å². The molecule has 0 aliphatic heterocycles. The lowest BCUT2D eigenvalue weighted by molar-refractivity contribution is -0.140. The first-order valence-corrected chi connectivity index (χ1v) is 10.9. The van der Waals surface area contributed by atoms with Gasteiger partial charge in [0.2, 0.25) is 11.7 Å². The summed E-state index contributed by atoms with van der Waals surface area (Å²) >= 11 is 1.34. The van der Waals surface area contributed by atoms with E-state index in [0.29, 0.717) is 5.01 Å². The van der Waals surface area contributed by atoms with Crippen LogP contribution < -0.4 is 16.0 Å². The molecular weight excluding hydrogens is 447 g/mol. The summed E-state index contributed by atoms with van der Waals surface area (Å²) in [7, 11) is 0. The van der Waals surface area contributed by atoms with E-state index in [4.69, 9.17) is 0 Å². The van der Waals surface area contributed by atoms with Crippen molar-refractivity contribution < 1.29 is 23.6 Å². The summed E-state index contributed by atoms with van der Waals surface area (Å²) < 4.78 is 13.3. The molecule has 1 heterocycles. The summed E-state index contributed by atoms with van der Waals surface area (Å²) in [4.78, 5) is 53.7. The number of amides is 3. The number of halogens is 1. The fraction of sp³-hybridized carbons (Fsp3) is 0.174. The van der Waals surface area contributed by atoms with E-state index in [1.54, 1.807) is 35.8 Å². The highest BCUT2D eigenvalue weighted by Crippen LogP contribution is 2.06. The number of nitrogens with one attached hydrogen (secondary N) is 3. The van der Waals surface area contributed by atoms with Crippen molar-refractivity contribution in [1.82, 2.24) is 20.9 Å². The minimum Gasteiger partial charge on any atom is -0.344 e. The van der Waals surface area contributed by atoms with Gasteiger partial charge in [-0.3, -0.25) is 19.2 Å². The lowest BCUT2D eigenvalue weighted by Gasteiger charge is -2.18. The summed E-state index contributed by atoms with van der Waals surface area (Å²) in [6.45, 7) is -0.355. The normalized spacial score (nSPS) is 11.3. The van der Waals surface area contributed by atoms with E-state index in [2.05, 4.69) is 20.9 Å². The lowest BCUT2D eigenvalue weighted by Crippen LogP contribution is -2.50. The molecule has 0 aliphatic carbocycles. The average molecular weight is 469 g/mol. The topological polar surface area (TPSA) is 117 Å². The molecule has 2 aromatic carbocycles. The summed E-state index contributed by atoms with van der Waals surface area (Å²) in [5.41, 5.74) is 0.800. The van der Waals surface area contributed by atoms with E-state index in [-0.39, 0.29) is 18.5 Å². The molecule has 170 valence electrons. The van der Waals surface area contributed by atoms with E-state index in [1.165, 1.54) is 29.5 Å². The minimum absolute atomic E-state index is 0.0567. The number of thiazole rings is 1. The zero-order valence-electron chi connectivity index (χ0n) is 17.4. The number of aromatic nitrogens is 1. The van der Waals surface area contributed by atoms with Crippen LogP contribution in [0.3, 0.4) is 0 Å². The number of ketones is 1. The summed E-state index contributed by atoms with van der Waals surface area (Å²) in [6.07, 6.45) is 1.68. The Morgan fingerprint density at radius 1 is 1.00 bits per heavy atom. The molecule has 3 N–H and O–H groups in total. The summed E-state index contributed by atoms with van der Waals surface area (Å²) in [5.74, 6) is -3.56. The molecule has 3 aromatic rings. The molecule has 1 aromatic heterocycles. The summed E-state index contributed by atoms with van der Waals surface area (Å²) in [6, 6.07) is 12.8. The second-order valence-corrected chi connectivity index (χ2v) is 7.95. The zero-order valence-corrected chi connectivity index (χ0v) is 18.2. The van der Waals surface area contributed by atoms with Crippen LogP contribution in [-0.4, -0.2) is 41.1 Å². The third kappa shape index (κ3) is 7.32. The Labute approximate surface area is 193 Å². The van der Waals surface area contributed by atoms with E-state index in [9.17, 15) is 23.6 Å².